The highest BCUT2D eigenvalue weighted by atomic mass is 127. The van der Waals surface area contributed by atoms with E-state index in [2.05, 4.69) is 20.1 Å². The number of rotatable bonds is 5. The maximum absolute atomic E-state index is 12.1. The van der Waals surface area contributed by atoms with E-state index in [4.69, 9.17) is 4.74 Å². The van der Waals surface area contributed by atoms with E-state index < -0.39 is 0 Å². The molecular weight excluding hydrogens is 493 g/mol. The summed E-state index contributed by atoms with van der Waals surface area (Å²) in [5, 5.41) is 3.53. The van der Waals surface area contributed by atoms with Crippen LogP contribution in [0.4, 0.5) is 0 Å². The minimum absolute atomic E-state index is 0. The van der Waals surface area contributed by atoms with Crippen LogP contribution >= 0.6 is 24.0 Å². The zero-order chi connectivity index (χ0) is 20.2. The van der Waals surface area contributed by atoms with Gasteiger partial charge in [0.2, 0.25) is 5.91 Å². The lowest BCUT2D eigenvalue weighted by Crippen LogP contribution is -2.56. The molecule has 4 unspecified atom stereocenters. The van der Waals surface area contributed by atoms with Crippen molar-refractivity contribution >= 4 is 35.8 Å². The van der Waals surface area contributed by atoms with E-state index >= 15 is 0 Å². The maximum atomic E-state index is 12.1. The Morgan fingerprint density at radius 1 is 1.10 bits per heavy atom. The van der Waals surface area contributed by atoms with Crippen LogP contribution < -0.4 is 5.32 Å². The molecule has 0 aromatic heterocycles. The molecule has 2 aliphatic heterocycles. The van der Waals surface area contributed by atoms with Gasteiger partial charge in [0.05, 0.1) is 6.10 Å². The monoisotopic (exact) mass is 533 g/mol. The molecule has 4 rings (SSSR count). The van der Waals surface area contributed by atoms with Gasteiger partial charge in [0.15, 0.2) is 5.96 Å². The summed E-state index contributed by atoms with van der Waals surface area (Å²) < 4.78 is 5.87. The van der Waals surface area contributed by atoms with Crippen molar-refractivity contribution in [3.8, 4) is 0 Å². The molecule has 0 radical (unpaired) electrons. The first-order chi connectivity index (χ1) is 14.1. The molecule has 0 aromatic carbocycles. The standard InChI is InChI=1S/C22H39N5O2.HI/c1-25(2)21(28)16-24-22(23-15-19-5-3-4-12-29-19)27-10-8-26(9-11-27)20-14-17-6-7-18(20)13-17;/h17-20H,3-16H2,1-2H3,(H,23,24);1H. The number of likely N-dealkylation sites (N-methyl/N-ethyl adjacent to an activating group) is 1. The van der Waals surface area contributed by atoms with E-state index in [0.717, 1.165) is 69.6 Å². The van der Waals surface area contributed by atoms with Crippen LogP contribution in [0.3, 0.4) is 0 Å². The summed E-state index contributed by atoms with van der Waals surface area (Å²) in [7, 11) is 3.57. The number of aliphatic imine (C=N–C) groups is 1. The molecule has 4 atom stereocenters. The second-order valence-electron chi connectivity index (χ2n) is 9.56. The smallest absolute Gasteiger partial charge is 0.243 e. The quantitative estimate of drug-likeness (QED) is 0.333. The molecule has 30 heavy (non-hydrogen) atoms. The molecule has 2 bridgehead atoms. The van der Waals surface area contributed by atoms with E-state index in [1.165, 1.54) is 38.5 Å². The van der Waals surface area contributed by atoms with E-state index in [0.29, 0.717) is 0 Å². The van der Waals surface area contributed by atoms with E-state index in [1.807, 2.05) is 0 Å². The van der Waals surface area contributed by atoms with Gasteiger partial charge in [0, 0.05) is 59.5 Å². The van der Waals surface area contributed by atoms with Crippen molar-refractivity contribution in [3.05, 3.63) is 0 Å². The molecule has 1 N–H and O–H groups in total. The molecule has 0 spiro atoms. The van der Waals surface area contributed by atoms with Gasteiger partial charge >= 0.3 is 0 Å². The van der Waals surface area contributed by atoms with Gasteiger partial charge in [-0.1, -0.05) is 6.42 Å². The third-order valence-electron chi connectivity index (χ3n) is 7.41. The molecule has 4 fully saturated rings. The zero-order valence-electron chi connectivity index (χ0n) is 18.7. The predicted octanol–water partition coefficient (Wildman–Crippen LogP) is 2.01. The van der Waals surface area contributed by atoms with Crippen LogP contribution in [-0.4, -0.2) is 98.7 Å². The minimum Gasteiger partial charge on any atom is -0.376 e. The van der Waals surface area contributed by atoms with Crippen LogP contribution in [0.5, 0.6) is 0 Å². The van der Waals surface area contributed by atoms with Crippen LogP contribution in [0.25, 0.3) is 0 Å². The van der Waals surface area contributed by atoms with Crippen molar-refractivity contribution < 1.29 is 9.53 Å². The molecule has 172 valence electrons. The molecule has 1 amide bonds. The molecule has 7 nitrogen and oxygen atoms in total. The molecule has 2 heterocycles. The molecule has 2 saturated heterocycles. The van der Waals surface area contributed by atoms with Crippen LogP contribution in [0.1, 0.15) is 44.9 Å². The topological polar surface area (TPSA) is 60.4 Å². The number of guanidine groups is 1. The average molecular weight is 533 g/mol. The maximum Gasteiger partial charge on any atom is 0.243 e. The van der Waals surface area contributed by atoms with Crippen LogP contribution in [0.15, 0.2) is 4.99 Å². The van der Waals surface area contributed by atoms with E-state index in [-0.39, 0.29) is 42.5 Å². The number of nitrogens with one attached hydrogen (secondary N) is 1. The Bertz CT molecular complexity index is 588. The average Bonchev–Trinajstić information content (AvgIpc) is 3.38. The number of carbonyl (C=O) groups excluding carboxylic acids is 1. The largest absolute Gasteiger partial charge is 0.376 e. The number of amides is 1. The van der Waals surface area contributed by atoms with Gasteiger partial charge < -0.3 is 19.9 Å². The number of ether oxygens (including phenoxy) is 1. The van der Waals surface area contributed by atoms with Crippen molar-refractivity contribution in [1.82, 2.24) is 20.0 Å². The number of hydrogen-bond acceptors (Lipinski definition) is 4. The minimum atomic E-state index is 0. The number of carbonyl (C=O) groups is 1. The second kappa shape index (κ2) is 11.3. The first kappa shape index (κ1) is 24.0. The normalized spacial score (nSPS) is 32.1. The van der Waals surface area contributed by atoms with Crippen molar-refractivity contribution in [1.29, 1.82) is 0 Å². The lowest BCUT2D eigenvalue weighted by molar-refractivity contribution is -0.127. The first-order valence-electron chi connectivity index (χ1n) is 11.7. The van der Waals surface area contributed by atoms with Gasteiger partial charge in [-0.25, -0.2) is 4.99 Å². The first-order valence-corrected chi connectivity index (χ1v) is 11.7. The van der Waals surface area contributed by atoms with Crippen molar-refractivity contribution in [2.75, 3.05) is 60.0 Å². The summed E-state index contributed by atoms with van der Waals surface area (Å²) >= 11 is 0. The van der Waals surface area contributed by atoms with Gasteiger partial charge in [-0.2, -0.15) is 0 Å². The van der Waals surface area contributed by atoms with E-state index in [9.17, 15) is 4.79 Å². The lowest BCUT2D eigenvalue weighted by Gasteiger charge is -2.42. The number of hydrogen-bond donors (Lipinski definition) is 1. The highest BCUT2D eigenvalue weighted by Crippen LogP contribution is 2.46. The van der Waals surface area contributed by atoms with E-state index in [1.54, 1.807) is 19.0 Å². The fourth-order valence-corrected chi connectivity index (χ4v) is 5.65. The summed E-state index contributed by atoms with van der Waals surface area (Å²) in [6.45, 7) is 6.03. The van der Waals surface area contributed by atoms with Crippen molar-refractivity contribution in [2.45, 2.75) is 57.1 Å². The van der Waals surface area contributed by atoms with Crippen molar-refractivity contribution in [2.24, 2.45) is 16.8 Å². The number of halogens is 1. The number of nitrogens with zero attached hydrogens (tertiary/aromatic N) is 4. The zero-order valence-corrected chi connectivity index (χ0v) is 21.1. The van der Waals surface area contributed by atoms with Gasteiger partial charge in [0.25, 0.3) is 0 Å². The number of fused-ring (bicyclic) bond motifs is 2. The summed E-state index contributed by atoms with van der Waals surface area (Å²) in [6.07, 6.45) is 9.55. The van der Waals surface area contributed by atoms with Gasteiger partial charge in [-0.15, -0.1) is 24.0 Å². The van der Waals surface area contributed by atoms with Crippen LogP contribution in [0.2, 0.25) is 0 Å². The molecule has 2 aliphatic carbocycles. The van der Waals surface area contributed by atoms with Gasteiger partial charge in [-0.05, 0) is 50.4 Å². The Kier molecular flexibility index (Phi) is 9.07. The molecular formula is C22H40IN5O2. The molecule has 2 saturated carbocycles. The fourth-order valence-electron chi connectivity index (χ4n) is 5.65. The third kappa shape index (κ3) is 6.00. The van der Waals surface area contributed by atoms with Crippen LogP contribution in [0, 0.1) is 11.8 Å². The molecule has 0 aromatic rings. The summed E-state index contributed by atoms with van der Waals surface area (Å²) in [5.74, 6) is 2.86. The Hall–Kier alpha value is -0.610. The Balaban J connectivity index is 0.00000256. The number of piperazine rings is 1. The van der Waals surface area contributed by atoms with Gasteiger partial charge in [0.1, 0.15) is 6.54 Å². The Morgan fingerprint density at radius 3 is 2.50 bits per heavy atom. The Morgan fingerprint density at radius 2 is 1.90 bits per heavy atom. The summed E-state index contributed by atoms with van der Waals surface area (Å²) in [5.41, 5.74) is 0. The molecule has 4 aliphatic rings. The second-order valence-corrected chi connectivity index (χ2v) is 9.56. The molecule has 8 heteroatoms. The Labute approximate surface area is 199 Å². The highest BCUT2D eigenvalue weighted by Gasteiger charge is 2.42. The predicted molar refractivity (Wildman–Crippen MR) is 130 cm³/mol. The van der Waals surface area contributed by atoms with Crippen LogP contribution in [-0.2, 0) is 9.53 Å². The summed E-state index contributed by atoms with van der Waals surface area (Å²) in [4.78, 5) is 23.4. The third-order valence-corrected chi connectivity index (χ3v) is 7.41. The summed E-state index contributed by atoms with van der Waals surface area (Å²) in [6, 6.07) is 0.815. The lowest BCUT2D eigenvalue weighted by atomic mass is 9.93. The highest BCUT2D eigenvalue weighted by molar-refractivity contribution is 14.0. The van der Waals surface area contributed by atoms with Crippen molar-refractivity contribution in [3.63, 3.8) is 0 Å². The SMILES string of the molecule is CN(C)C(=O)CN=C(NCC1CCCCO1)N1CCN(C2CC3CCC2C3)CC1.I. The van der Waals surface area contributed by atoms with Gasteiger partial charge in [-0.3, -0.25) is 9.69 Å². The fraction of sp³-hybridized carbons (Fsp3) is 0.909.